The molecule has 4 nitrogen and oxygen atoms in total. The fraction of sp³-hybridized carbons (Fsp3) is 0.0833. The molecule has 3 aromatic carbocycles. The van der Waals surface area contributed by atoms with Gasteiger partial charge in [0, 0.05) is 31.2 Å². The van der Waals surface area contributed by atoms with E-state index in [0.717, 1.165) is 16.7 Å². The Morgan fingerprint density at radius 1 is 0.829 bits per heavy atom. The van der Waals surface area contributed by atoms with E-state index < -0.39 is 11.1 Å². The average molecular weight is 608 g/mol. The number of amides is 2. The van der Waals surface area contributed by atoms with E-state index in [1.165, 1.54) is 6.08 Å². The van der Waals surface area contributed by atoms with Crippen LogP contribution in [0.5, 0.6) is 5.75 Å². The van der Waals surface area contributed by atoms with E-state index in [-0.39, 0.29) is 33.9 Å². The molecule has 180 valence electrons. The van der Waals surface area contributed by atoms with Crippen molar-refractivity contribution in [1.29, 1.82) is 0 Å². The van der Waals surface area contributed by atoms with Gasteiger partial charge in [-0.15, -0.1) is 0 Å². The molecule has 0 atom stereocenters. The minimum absolute atomic E-state index is 0.0396. The van der Waals surface area contributed by atoms with E-state index >= 15 is 0 Å². The molecule has 0 bridgehead atoms. The third-order valence-electron chi connectivity index (χ3n) is 4.96. The van der Waals surface area contributed by atoms with Crippen LogP contribution in [-0.2, 0) is 17.9 Å². The number of hydrogen-bond donors (Lipinski definition) is 0. The smallest absolute Gasteiger partial charge is 0.293 e. The fourth-order valence-electron chi connectivity index (χ4n) is 3.22. The standard InChI is InChI=1S/C24H13Cl6NO3S/c25-14-5-4-13(18(28)9-14)11-34-22-19(29)6-12(7-20(22)30)8-21-23(32)31(24(33)35-21)10-15-16(26)2-1-3-17(15)27/h1-9H,10-11H2/b21-8-. The van der Waals surface area contributed by atoms with Crippen molar-refractivity contribution in [1.82, 2.24) is 4.90 Å². The van der Waals surface area contributed by atoms with Crippen molar-refractivity contribution >= 4 is 98.6 Å². The largest absolute Gasteiger partial charge is 0.486 e. The Balaban J connectivity index is 1.52. The van der Waals surface area contributed by atoms with E-state index in [4.69, 9.17) is 74.3 Å². The normalized spacial score (nSPS) is 14.8. The van der Waals surface area contributed by atoms with Gasteiger partial charge >= 0.3 is 0 Å². The van der Waals surface area contributed by atoms with Crippen molar-refractivity contribution in [3.63, 3.8) is 0 Å². The van der Waals surface area contributed by atoms with E-state index in [1.807, 2.05) is 0 Å². The monoisotopic (exact) mass is 605 g/mol. The molecule has 3 aromatic rings. The van der Waals surface area contributed by atoms with Gasteiger partial charge in [-0.1, -0.05) is 81.7 Å². The highest BCUT2D eigenvalue weighted by atomic mass is 35.5. The number of imide groups is 1. The third-order valence-corrected chi connectivity index (χ3v) is 7.72. The zero-order valence-corrected chi connectivity index (χ0v) is 22.8. The van der Waals surface area contributed by atoms with Gasteiger partial charge in [0.2, 0.25) is 0 Å². The maximum absolute atomic E-state index is 12.9. The summed E-state index contributed by atoms with van der Waals surface area (Å²) in [6.07, 6.45) is 1.54. The lowest BCUT2D eigenvalue weighted by molar-refractivity contribution is -0.123. The van der Waals surface area contributed by atoms with Crippen molar-refractivity contribution in [2.24, 2.45) is 0 Å². The lowest BCUT2D eigenvalue weighted by atomic mass is 10.2. The second-order valence-electron chi connectivity index (χ2n) is 7.31. The van der Waals surface area contributed by atoms with Gasteiger partial charge in [0.05, 0.1) is 21.5 Å². The molecule has 1 fully saturated rings. The summed E-state index contributed by atoms with van der Waals surface area (Å²) in [5, 5.41) is 1.74. The molecule has 0 spiro atoms. The predicted molar refractivity (Wildman–Crippen MR) is 145 cm³/mol. The Bertz CT molecular complexity index is 1330. The summed E-state index contributed by atoms with van der Waals surface area (Å²) in [5.41, 5.74) is 1.73. The molecular weight excluding hydrogens is 595 g/mol. The van der Waals surface area contributed by atoms with E-state index in [9.17, 15) is 9.59 Å². The summed E-state index contributed by atoms with van der Waals surface area (Å²) < 4.78 is 5.77. The van der Waals surface area contributed by atoms with Gasteiger partial charge in [0.25, 0.3) is 11.1 Å². The van der Waals surface area contributed by atoms with Crippen molar-refractivity contribution in [3.8, 4) is 5.75 Å². The van der Waals surface area contributed by atoms with E-state index in [0.29, 0.717) is 36.8 Å². The number of carbonyl (C=O) groups excluding carboxylic acids is 2. The summed E-state index contributed by atoms with van der Waals surface area (Å²) in [6, 6.07) is 13.2. The van der Waals surface area contributed by atoms with Crippen LogP contribution < -0.4 is 4.74 Å². The molecule has 0 unspecified atom stereocenters. The van der Waals surface area contributed by atoms with Crippen molar-refractivity contribution < 1.29 is 14.3 Å². The Kier molecular flexibility index (Phi) is 8.49. The molecule has 35 heavy (non-hydrogen) atoms. The molecule has 1 aliphatic rings. The SMILES string of the molecule is O=C1S/C(=C\c2cc(Cl)c(OCc3ccc(Cl)cc3Cl)c(Cl)c2)C(=O)N1Cc1c(Cl)cccc1Cl. The summed E-state index contributed by atoms with van der Waals surface area (Å²) in [7, 11) is 0. The summed E-state index contributed by atoms with van der Waals surface area (Å²) >= 11 is 38.1. The van der Waals surface area contributed by atoms with Gasteiger partial charge in [-0.25, -0.2) is 0 Å². The first kappa shape index (κ1) is 26.5. The second-order valence-corrected chi connectivity index (χ2v) is 10.8. The van der Waals surface area contributed by atoms with Crippen LogP contribution >= 0.6 is 81.4 Å². The Morgan fingerprint density at radius 2 is 1.49 bits per heavy atom. The molecule has 1 aliphatic heterocycles. The van der Waals surface area contributed by atoms with Crippen LogP contribution in [0.1, 0.15) is 16.7 Å². The lowest BCUT2D eigenvalue weighted by Crippen LogP contribution is -2.27. The maximum Gasteiger partial charge on any atom is 0.293 e. The van der Waals surface area contributed by atoms with Gasteiger partial charge in [-0.05, 0) is 59.8 Å². The second kappa shape index (κ2) is 11.2. The van der Waals surface area contributed by atoms with Crippen molar-refractivity contribution in [2.45, 2.75) is 13.2 Å². The lowest BCUT2D eigenvalue weighted by Gasteiger charge is -2.14. The molecule has 0 aliphatic carbocycles. The predicted octanol–water partition coefficient (Wildman–Crippen LogP) is 9.42. The molecule has 4 rings (SSSR count). The molecule has 0 saturated carbocycles. The molecular formula is C24H13Cl6NO3S. The van der Waals surface area contributed by atoms with Crippen molar-refractivity contribution in [2.75, 3.05) is 0 Å². The molecule has 1 saturated heterocycles. The van der Waals surface area contributed by atoms with Gasteiger partial charge < -0.3 is 4.74 Å². The maximum atomic E-state index is 12.9. The first-order valence-corrected chi connectivity index (χ1v) is 13.0. The number of carbonyl (C=O) groups is 2. The summed E-state index contributed by atoms with van der Waals surface area (Å²) in [5.74, 6) is -0.209. The van der Waals surface area contributed by atoms with E-state index in [1.54, 1.807) is 48.5 Å². The number of ether oxygens (including phenoxy) is 1. The highest BCUT2D eigenvalue weighted by Gasteiger charge is 2.35. The molecule has 11 heteroatoms. The number of thioether (sulfide) groups is 1. The summed E-state index contributed by atoms with van der Waals surface area (Å²) in [6.45, 7) is 0.0837. The third kappa shape index (κ3) is 6.05. The van der Waals surface area contributed by atoms with Crippen LogP contribution in [0.15, 0.2) is 53.4 Å². The first-order chi connectivity index (χ1) is 16.6. The topological polar surface area (TPSA) is 46.6 Å². The van der Waals surface area contributed by atoms with Gasteiger partial charge in [-0.3, -0.25) is 14.5 Å². The van der Waals surface area contributed by atoms with Gasteiger partial charge in [0.15, 0.2) is 5.75 Å². The molecule has 0 aromatic heterocycles. The molecule has 0 N–H and O–H groups in total. The minimum Gasteiger partial charge on any atom is -0.486 e. The van der Waals surface area contributed by atoms with Crippen molar-refractivity contribution in [3.05, 3.63) is 100 Å². The number of nitrogens with zero attached hydrogens (tertiary/aromatic N) is 1. The number of benzene rings is 3. The van der Waals surface area contributed by atoms with Crippen LogP contribution in [-0.4, -0.2) is 16.0 Å². The molecule has 0 radical (unpaired) electrons. The number of hydrogen-bond acceptors (Lipinski definition) is 4. The van der Waals surface area contributed by atoms with Crippen LogP contribution in [0, 0.1) is 0 Å². The van der Waals surface area contributed by atoms with Gasteiger partial charge in [-0.2, -0.15) is 0 Å². The first-order valence-electron chi connectivity index (χ1n) is 9.88. The molecule has 1 heterocycles. The minimum atomic E-state index is -0.471. The summed E-state index contributed by atoms with van der Waals surface area (Å²) in [4.78, 5) is 26.7. The highest BCUT2D eigenvalue weighted by molar-refractivity contribution is 8.18. The average Bonchev–Trinajstić information content (AvgIpc) is 3.04. The van der Waals surface area contributed by atoms with Gasteiger partial charge in [0.1, 0.15) is 6.61 Å². The zero-order chi connectivity index (χ0) is 25.3. The van der Waals surface area contributed by atoms with Crippen LogP contribution in [0.2, 0.25) is 30.1 Å². The fourth-order valence-corrected chi connectivity index (χ4v) is 5.65. The Morgan fingerprint density at radius 3 is 2.11 bits per heavy atom. The quantitative estimate of drug-likeness (QED) is 0.262. The molecule has 2 amide bonds. The number of halogens is 6. The number of rotatable bonds is 6. The highest BCUT2D eigenvalue weighted by Crippen LogP contribution is 2.39. The Hall–Kier alpha value is -1.57. The van der Waals surface area contributed by atoms with Crippen LogP contribution in [0.25, 0.3) is 6.08 Å². The zero-order valence-electron chi connectivity index (χ0n) is 17.5. The Labute approximate surface area is 235 Å². The van der Waals surface area contributed by atoms with Crippen LogP contribution in [0.4, 0.5) is 4.79 Å². The van der Waals surface area contributed by atoms with Crippen LogP contribution in [0.3, 0.4) is 0 Å². The van der Waals surface area contributed by atoms with E-state index in [2.05, 4.69) is 0 Å².